The van der Waals surface area contributed by atoms with Gasteiger partial charge in [-0.05, 0) is 31.5 Å². The van der Waals surface area contributed by atoms with Crippen LogP contribution in [0.15, 0.2) is 28.8 Å². The van der Waals surface area contributed by atoms with Crippen molar-refractivity contribution < 1.29 is 28.4 Å². The van der Waals surface area contributed by atoms with Crippen LogP contribution >= 0.6 is 0 Å². The van der Waals surface area contributed by atoms with Gasteiger partial charge in [0, 0.05) is 12.5 Å². The molecule has 146 valence electrons. The highest BCUT2D eigenvalue weighted by atomic mass is 16.7. The van der Waals surface area contributed by atoms with Crippen molar-refractivity contribution in [3.63, 3.8) is 0 Å². The van der Waals surface area contributed by atoms with Crippen molar-refractivity contribution in [2.75, 3.05) is 18.7 Å². The van der Waals surface area contributed by atoms with Gasteiger partial charge >= 0.3 is 6.03 Å². The zero-order valence-corrected chi connectivity index (χ0v) is 15.3. The molecular weight excluding hydrogens is 368 g/mol. The first-order valence-electron chi connectivity index (χ1n) is 8.60. The van der Waals surface area contributed by atoms with E-state index >= 15 is 0 Å². The van der Waals surface area contributed by atoms with Crippen molar-refractivity contribution in [2.45, 2.75) is 25.8 Å². The molecule has 2 aliphatic heterocycles. The van der Waals surface area contributed by atoms with Gasteiger partial charge < -0.3 is 24.6 Å². The molecule has 2 aromatic rings. The maximum Gasteiger partial charge on any atom is 0.325 e. The maximum absolute atomic E-state index is 12.8. The van der Waals surface area contributed by atoms with E-state index in [4.69, 9.17) is 14.0 Å². The molecule has 3 heterocycles. The van der Waals surface area contributed by atoms with Crippen LogP contribution in [0.2, 0.25) is 0 Å². The molecule has 1 saturated heterocycles. The molecule has 1 atom stereocenters. The molecule has 0 spiro atoms. The van der Waals surface area contributed by atoms with Gasteiger partial charge in [-0.15, -0.1) is 0 Å². The van der Waals surface area contributed by atoms with E-state index in [1.54, 1.807) is 32.0 Å². The fourth-order valence-corrected chi connectivity index (χ4v) is 3.22. The van der Waals surface area contributed by atoms with Gasteiger partial charge in [0.05, 0.1) is 0 Å². The molecule has 4 amide bonds. The van der Waals surface area contributed by atoms with Crippen LogP contribution in [0.3, 0.4) is 0 Å². The molecule has 28 heavy (non-hydrogen) atoms. The van der Waals surface area contributed by atoms with E-state index in [0.29, 0.717) is 17.3 Å². The van der Waals surface area contributed by atoms with Gasteiger partial charge in [-0.1, -0.05) is 11.2 Å². The van der Waals surface area contributed by atoms with Gasteiger partial charge in [0.2, 0.25) is 12.7 Å². The summed E-state index contributed by atoms with van der Waals surface area (Å²) in [6.45, 7) is 3.03. The van der Waals surface area contributed by atoms with Crippen molar-refractivity contribution in [1.82, 2.24) is 15.4 Å². The van der Waals surface area contributed by atoms with Crippen LogP contribution in [0.1, 0.15) is 18.2 Å². The molecule has 4 rings (SSSR count). The highest BCUT2D eigenvalue weighted by molar-refractivity contribution is 6.10. The highest BCUT2D eigenvalue weighted by Crippen LogP contribution is 2.34. The van der Waals surface area contributed by atoms with Gasteiger partial charge in [-0.2, -0.15) is 0 Å². The standard InChI is InChI=1S/C18H18N4O6/c1-10-5-14(21-28-10)19-15(23)8-22-16(24)18(2,20-17(22)25)7-11-3-4-12-13(6-11)27-9-26-12/h3-6H,7-9H2,1-2H3,(H,20,25)(H,19,21,23). The fourth-order valence-electron chi connectivity index (χ4n) is 3.22. The smallest absolute Gasteiger partial charge is 0.325 e. The molecule has 0 bridgehead atoms. The number of carbonyl (C=O) groups is 3. The molecular formula is C18H18N4O6. The summed E-state index contributed by atoms with van der Waals surface area (Å²) >= 11 is 0. The lowest BCUT2D eigenvalue weighted by atomic mass is 9.92. The summed E-state index contributed by atoms with van der Waals surface area (Å²) < 4.78 is 15.5. The molecule has 2 N–H and O–H groups in total. The number of nitrogens with zero attached hydrogens (tertiary/aromatic N) is 2. The van der Waals surface area contributed by atoms with Crippen molar-refractivity contribution in [1.29, 1.82) is 0 Å². The molecule has 0 radical (unpaired) electrons. The summed E-state index contributed by atoms with van der Waals surface area (Å²) in [5, 5.41) is 8.81. The average molecular weight is 386 g/mol. The normalized spacial score (nSPS) is 20.4. The number of anilines is 1. The Hall–Kier alpha value is -3.56. The predicted molar refractivity (Wildman–Crippen MR) is 94.8 cm³/mol. The Morgan fingerprint density at radius 2 is 2.07 bits per heavy atom. The van der Waals surface area contributed by atoms with E-state index in [2.05, 4.69) is 15.8 Å². The molecule has 1 unspecified atom stereocenters. The van der Waals surface area contributed by atoms with Crippen LogP contribution in [0.4, 0.5) is 10.6 Å². The summed E-state index contributed by atoms with van der Waals surface area (Å²) in [5.41, 5.74) is -0.375. The highest BCUT2D eigenvalue weighted by Gasteiger charge is 2.48. The second kappa shape index (κ2) is 6.55. The van der Waals surface area contributed by atoms with Gasteiger partial charge in [0.25, 0.3) is 5.91 Å². The number of ether oxygens (including phenoxy) is 2. The third-order valence-electron chi connectivity index (χ3n) is 4.54. The molecule has 10 heteroatoms. The quantitative estimate of drug-likeness (QED) is 0.740. The predicted octanol–water partition coefficient (Wildman–Crippen LogP) is 1.20. The number of hydrogen-bond acceptors (Lipinski definition) is 7. The molecule has 10 nitrogen and oxygen atoms in total. The third-order valence-corrected chi connectivity index (χ3v) is 4.54. The van der Waals surface area contributed by atoms with E-state index in [-0.39, 0.29) is 19.0 Å². The number of urea groups is 1. The van der Waals surface area contributed by atoms with E-state index < -0.39 is 29.9 Å². The summed E-state index contributed by atoms with van der Waals surface area (Å²) in [5.74, 6) is 0.944. The summed E-state index contributed by atoms with van der Waals surface area (Å²) in [6, 6.07) is 6.25. The van der Waals surface area contributed by atoms with Gasteiger partial charge in [-0.25, -0.2) is 4.79 Å². The Labute approximate surface area is 159 Å². The molecule has 0 aliphatic carbocycles. The van der Waals surface area contributed by atoms with Gasteiger partial charge in [0.15, 0.2) is 17.3 Å². The first kappa shape index (κ1) is 17.8. The number of imide groups is 1. The Morgan fingerprint density at radius 1 is 1.29 bits per heavy atom. The van der Waals surface area contributed by atoms with Gasteiger partial charge in [-0.3, -0.25) is 14.5 Å². The summed E-state index contributed by atoms with van der Waals surface area (Å²) in [6.07, 6.45) is 0.245. The van der Waals surface area contributed by atoms with Crippen molar-refractivity contribution in [3.05, 3.63) is 35.6 Å². The lowest BCUT2D eigenvalue weighted by molar-refractivity contribution is -0.133. The Morgan fingerprint density at radius 3 is 2.82 bits per heavy atom. The van der Waals surface area contributed by atoms with Crippen molar-refractivity contribution in [2.24, 2.45) is 0 Å². The number of carbonyl (C=O) groups excluding carboxylic acids is 3. The molecule has 0 saturated carbocycles. The van der Waals surface area contributed by atoms with Crippen LogP contribution in [0, 0.1) is 6.92 Å². The number of aryl methyl sites for hydroxylation is 1. The number of benzene rings is 1. The van der Waals surface area contributed by atoms with Crippen molar-refractivity contribution in [3.8, 4) is 11.5 Å². The van der Waals surface area contributed by atoms with Gasteiger partial charge in [0.1, 0.15) is 17.8 Å². The van der Waals surface area contributed by atoms with E-state index in [0.717, 1.165) is 10.5 Å². The second-order valence-corrected chi connectivity index (χ2v) is 6.89. The molecule has 1 aromatic carbocycles. The zero-order chi connectivity index (χ0) is 19.9. The molecule has 2 aliphatic rings. The molecule has 1 aromatic heterocycles. The SMILES string of the molecule is Cc1cc(NC(=O)CN2C(=O)NC(C)(Cc3ccc4c(c3)OCO4)C2=O)no1. The van der Waals surface area contributed by atoms with Crippen LogP contribution in [-0.2, 0) is 16.0 Å². The number of hydrogen-bond donors (Lipinski definition) is 2. The van der Waals surface area contributed by atoms with Crippen molar-refractivity contribution >= 4 is 23.7 Å². The van der Waals surface area contributed by atoms with Crippen LogP contribution in [-0.4, -0.2) is 46.8 Å². The lowest BCUT2D eigenvalue weighted by Gasteiger charge is -2.21. The maximum atomic E-state index is 12.8. The summed E-state index contributed by atoms with van der Waals surface area (Å²) in [7, 11) is 0. The Kier molecular flexibility index (Phi) is 4.17. The monoisotopic (exact) mass is 386 g/mol. The molecule has 1 fully saturated rings. The largest absolute Gasteiger partial charge is 0.454 e. The fraction of sp³-hybridized carbons (Fsp3) is 0.333. The van der Waals surface area contributed by atoms with E-state index in [9.17, 15) is 14.4 Å². The number of nitrogens with one attached hydrogen (secondary N) is 2. The first-order valence-corrected chi connectivity index (χ1v) is 8.60. The van der Waals surface area contributed by atoms with E-state index in [1.807, 2.05) is 0 Å². The summed E-state index contributed by atoms with van der Waals surface area (Å²) in [4.78, 5) is 38.2. The number of amides is 4. The van der Waals surface area contributed by atoms with E-state index in [1.165, 1.54) is 6.07 Å². The first-order chi connectivity index (χ1) is 13.3. The Balaban J connectivity index is 1.44. The topological polar surface area (TPSA) is 123 Å². The van der Waals surface area contributed by atoms with Crippen LogP contribution in [0.5, 0.6) is 11.5 Å². The third kappa shape index (κ3) is 3.24. The van der Waals surface area contributed by atoms with Crippen LogP contribution in [0.25, 0.3) is 0 Å². The average Bonchev–Trinajstić information content (AvgIpc) is 3.31. The lowest BCUT2D eigenvalue weighted by Crippen LogP contribution is -2.46. The number of aromatic nitrogens is 1. The minimum Gasteiger partial charge on any atom is -0.454 e. The Bertz CT molecular complexity index is 971. The zero-order valence-electron chi connectivity index (χ0n) is 15.3. The minimum absolute atomic E-state index is 0.152. The van der Waals surface area contributed by atoms with Crippen LogP contribution < -0.4 is 20.1 Å². The minimum atomic E-state index is -1.17. The number of fused-ring (bicyclic) bond motifs is 1. The second-order valence-electron chi connectivity index (χ2n) is 6.89. The number of rotatable bonds is 5.